The third-order valence-corrected chi connectivity index (χ3v) is 2.59. The Morgan fingerprint density at radius 1 is 1.17 bits per heavy atom. The molecule has 0 aliphatic rings. The van der Waals surface area contributed by atoms with Crippen molar-refractivity contribution in [1.82, 2.24) is 0 Å². The first-order valence-corrected chi connectivity index (χ1v) is 5.56. The number of unbranched alkanes of at least 4 members (excludes halogenated alkanes) is 1. The third kappa shape index (κ3) is 6.57. The Morgan fingerprint density at radius 2 is 1.75 bits per heavy atom. The monoisotopic (exact) mass is 196 g/mol. The van der Waals surface area contributed by atoms with Crippen molar-refractivity contribution in [3.63, 3.8) is 0 Å². The Bertz CT molecular complexity index is 186. The maximum absolute atomic E-state index is 10.8. The molecule has 0 aromatic heterocycles. The van der Waals surface area contributed by atoms with E-state index in [9.17, 15) is 8.42 Å². The molecule has 0 radical (unpaired) electrons. The van der Waals surface area contributed by atoms with Crippen molar-refractivity contribution in [2.45, 2.75) is 19.8 Å². The minimum absolute atomic E-state index is 0.0390. The Kier molecular flexibility index (Phi) is 6.32. The molecule has 12 heavy (non-hydrogen) atoms. The quantitative estimate of drug-likeness (QED) is 0.446. The van der Waals surface area contributed by atoms with Crippen molar-refractivity contribution in [3.05, 3.63) is 0 Å². The maximum Gasteiger partial charge on any atom is 0.267 e. The number of hydrogen-bond acceptors (Lipinski definition) is 4. The van der Waals surface area contributed by atoms with Crippen molar-refractivity contribution in [2.75, 3.05) is 26.1 Å². The second-order valence-corrected chi connectivity index (χ2v) is 4.30. The van der Waals surface area contributed by atoms with Gasteiger partial charge in [-0.15, -0.1) is 0 Å². The highest BCUT2D eigenvalue weighted by molar-refractivity contribution is 7.86. The summed E-state index contributed by atoms with van der Waals surface area (Å²) in [5.74, 6) is 0.0390. The van der Waals surface area contributed by atoms with Crippen molar-refractivity contribution in [3.8, 4) is 0 Å². The van der Waals surface area contributed by atoms with Gasteiger partial charge in [0.1, 0.15) is 0 Å². The molecule has 0 N–H and O–H groups in total. The van der Waals surface area contributed by atoms with Crippen LogP contribution in [0.4, 0.5) is 0 Å². The number of rotatable bonds is 7. The Hall–Kier alpha value is -0.130. The first kappa shape index (κ1) is 11.9. The summed E-state index contributed by atoms with van der Waals surface area (Å²) < 4.78 is 31.0. The summed E-state index contributed by atoms with van der Waals surface area (Å²) >= 11 is 0. The van der Waals surface area contributed by atoms with E-state index in [1.165, 1.54) is 0 Å². The number of hydrogen-bond donors (Lipinski definition) is 0. The number of ether oxygens (including phenoxy) is 1. The number of methoxy groups -OCH3 is 1. The zero-order chi connectivity index (χ0) is 9.45. The lowest BCUT2D eigenvalue weighted by molar-refractivity contribution is 0.185. The zero-order valence-electron chi connectivity index (χ0n) is 7.58. The van der Waals surface area contributed by atoms with Crippen LogP contribution in [0.15, 0.2) is 0 Å². The van der Waals surface area contributed by atoms with Crippen LogP contribution in [0.5, 0.6) is 0 Å². The van der Waals surface area contributed by atoms with E-state index in [0.29, 0.717) is 13.0 Å². The van der Waals surface area contributed by atoms with E-state index in [2.05, 4.69) is 4.18 Å². The Morgan fingerprint density at radius 3 is 2.25 bits per heavy atom. The molecule has 74 valence electrons. The molecule has 0 unspecified atom stereocenters. The predicted octanol–water partition coefficient (Wildman–Crippen LogP) is 0.779. The summed E-state index contributed by atoms with van der Waals surface area (Å²) in [5, 5.41) is 0. The van der Waals surface area contributed by atoms with Crippen molar-refractivity contribution in [1.29, 1.82) is 0 Å². The molecule has 0 rings (SSSR count). The standard InChI is InChI=1S/C7H16O4S/c1-3-12(8,9)11-7-5-4-6-10-2/h3-7H2,1-2H3. The fraction of sp³-hybridized carbons (Fsp3) is 1.00. The normalized spacial score (nSPS) is 11.8. The lowest BCUT2D eigenvalue weighted by Crippen LogP contribution is -2.09. The third-order valence-electron chi connectivity index (χ3n) is 1.36. The van der Waals surface area contributed by atoms with Gasteiger partial charge in [-0.2, -0.15) is 8.42 Å². The van der Waals surface area contributed by atoms with Gasteiger partial charge >= 0.3 is 0 Å². The van der Waals surface area contributed by atoms with E-state index in [1.54, 1.807) is 14.0 Å². The topological polar surface area (TPSA) is 52.6 Å². The van der Waals surface area contributed by atoms with Crippen LogP contribution in [0.3, 0.4) is 0 Å². The molecule has 0 fully saturated rings. The highest BCUT2D eigenvalue weighted by Crippen LogP contribution is 1.96. The molecule has 0 atom stereocenters. The molecule has 0 amide bonds. The van der Waals surface area contributed by atoms with E-state index >= 15 is 0 Å². The maximum atomic E-state index is 10.8. The Balaban J connectivity index is 3.32. The summed E-state index contributed by atoms with van der Waals surface area (Å²) in [4.78, 5) is 0. The van der Waals surface area contributed by atoms with Crippen LogP contribution >= 0.6 is 0 Å². The smallest absolute Gasteiger partial charge is 0.267 e. The van der Waals surface area contributed by atoms with Crippen LogP contribution in [0, 0.1) is 0 Å². The molecule has 0 heterocycles. The van der Waals surface area contributed by atoms with Gasteiger partial charge in [-0.3, -0.25) is 4.18 Å². The van der Waals surface area contributed by atoms with E-state index < -0.39 is 10.1 Å². The van der Waals surface area contributed by atoms with Gasteiger partial charge in [-0.1, -0.05) is 0 Å². The molecule has 0 saturated carbocycles. The van der Waals surface area contributed by atoms with Gasteiger partial charge in [-0.05, 0) is 19.8 Å². The molecule has 0 bridgehead atoms. The predicted molar refractivity (Wildman–Crippen MR) is 46.5 cm³/mol. The molecule has 0 aliphatic heterocycles. The molecular formula is C7H16O4S. The SMILES string of the molecule is CCS(=O)(=O)OCCCCOC. The van der Waals surface area contributed by atoms with Crippen LogP contribution in [-0.4, -0.2) is 34.5 Å². The van der Waals surface area contributed by atoms with Crippen LogP contribution in [0.25, 0.3) is 0 Å². The first-order chi connectivity index (χ1) is 5.62. The van der Waals surface area contributed by atoms with E-state index in [1.807, 2.05) is 0 Å². The first-order valence-electron chi connectivity index (χ1n) is 3.98. The average molecular weight is 196 g/mol. The molecule has 4 nitrogen and oxygen atoms in total. The lowest BCUT2D eigenvalue weighted by atomic mass is 10.3. The van der Waals surface area contributed by atoms with Crippen LogP contribution < -0.4 is 0 Å². The van der Waals surface area contributed by atoms with Crippen molar-refractivity contribution >= 4 is 10.1 Å². The van der Waals surface area contributed by atoms with E-state index in [0.717, 1.165) is 6.42 Å². The molecule has 0 aliphatic carbocycles. The molecule has 0 saturated heterocycles. The van der Waals surface area contributed by atoms with Crippen LogP contribution in [-0.2, 0) is 19.0 Å². The van der Waals surface area contributed by atoms with Gasteiger partial charge < -0.3 is 4.74 Å². The fourth-order valence-corrected chi connectivity index (χ4v) is 1.16. The fourth-order valence-electron chi connectivity index (χ4n) is 0.618. The van der Waals surface area contributed by atoms with Gasteiger partial charge in [0.15, 0.2) is 0 Å². The van der Waals surface area contributed by atoms with E-state index in [-0.39, 0.29) is 12.4 Å². The van der Waals surface area contributed by atoms with Gasteiger partial charge in [0.25, 0.3) is 10.1 Å². The minimum Gasteiger partial charge on any atom is -0.385 e. The van der Waals surface area contributed by atoms with E-state index in [4.69, 9.17) is 4.74 Å². The van der Waals surface area contributed by atoms with Gasteiger partial charge in [0, 0.05) is 13.7 Å². The highest BCUT2D eigenvalue weighted by Gasteiger charge is 2.05. The molecule has 0 spiro atoms. The van der Waals surface area contributed by atoms with Gasteiger partial charge in [-0.25, -0.2) is 0 Å². The molecule has 5 heteroatoms. The summed E-state index contributed by atoms with van der Waals surface area (Å²) in [6, 6.07) is 0. The van der Waals surface area contributed by atoms with Gasteiger partial charge in [0.05, 0.1) is 12.4 Å². The highest BCUT2D eigenvalue weighted by atomic mass is 32.2. The summed E-state index contributed by atoms with van der Waals surface area (Å²) in [5.41, 5.74) is 0. The minimum atomic E-state index is -3.25. The van der Waals surface area contributed by atoms with Crippen LogP contribution in [0.2, 0.25) is 0 Å². The largest absolute Gasteiger partial charge is 0.385 e. The Labute approximate surface area is 74.0 Å². The summed E-state index contributed by atoms with van der Waals surface area (Å²) in [7, 11) is -1.63. The zero-order valence-corrected chi connectivity index (χ0v) is 8.39. The molecular weight excluding hydrogens is 180 g/mol. The second-order valence-electron chi connectivity index (χ2n) is 2.37. The second kappa shape index (κ2) is 6.39. The molecule has 0 aromatic rings. The average Bonchev–Trinajstić information content (AvgIpc) is 2.04. The summed E-state index contributed by atoms with van der Waals surface area (Å²) in [6.07, 6.45) is 1.54. The van der Waals surface area contributed by atoms with Crippen molar-refractivity contribution in [2.24, 2.45) is 0 Å². The lowest BCUT2D eigenvalue weighted by Gasteiger charge is -2.02. The van der Waals surface area contributed by atoms with Gasteiger partial charge in [0.2, 0.25) is 0 Å². The molecule has 0 aromatic carbocycles. The van der Waals surface area contributed by atoms with Crippen molar-refractivity contribution < 1.29 is 17.3 Å². The summed E-state index contributed by atoms with van der Waals surface area (Å²) in [6.45, 7) is 2.47. The van der Waals surface area contributed by atoms with Crippen LogP contribution in [0.1, 0.15) is 19.8 Å².